The SMILES string of the molecule is CC(CCC(C)N1CCCC(I)C1)N1C=C(I)C=CC1. The molecule has 114 valence electrons. The molecule has 0 aromatic carbocycles. The molecule has 0 bridgehead atoms. The normalized spacial score (nSPS) is 27.3. The summed E-state index contributed by atoms with van der Waals surface area (Å²) in [7, 11) is 0. The van der Waals surface area contributed by atoms with Gasteiger partial charge in [0.1, 0.15) is 0 Å². The first-order chi connectivity index (χ1) is 9.56. The van der Waals surface area contributed by atoms with Crippen molar-refractivity contribution in [3.63, 3.8) is 0 Å². The van der Waals surface area contributed by atoms with Gasteiger partial charge >= 0.3 is 0 Å². The molecule has 2 aliphatic rings. The topological polar surface area (TPSA) is 6.48 Å². The van der Waals surface area contributed by atoms with E-state index >= 15 is 0 Å². The summed E-state index contributed by atoms with van der Waals surface area (Å²) in [5.41, 5.74) is 0. The van der Waals surface area contributed by atoms with Crippen LogP contribution in [0.2, 0.25) is 0 Å². The molecule has 0 N–H and O–H groups in total. The molecule has 0 spiro atoms. The van der Waals surface area contributed by atoms with E-state index in [1.54, 1.807) is 0 Å². The average Bonchev–Trinajstić information content (AvgIpc) is 2.44. The van der Waals surface area contributed by atoms with E-state index < -0.39 is 0 Å². The highest BCUT2D eigenvalue weighted by Crippen LogP contribution is 2.23. The van der Waals surface area contributed by atoms with Crippen LogP contribution in [0.5, 0.6) is 0 Å². The molecule has 1 fully saturated rings. The third kappa shape index (κ3) is 5.16. The Morgan fingerprint density at radius 1 is 1.30 bits per heavy atom. The van der Waals surface area contributed by atoms with Gasteiger partial charge in [-0.3, -0.25) is 4.90 Å². The Bertz CT molecular complexity index is 367. The Kier molecular flexibility index (Phi) is 7.13. The number of hydrogen-bond donors (Lipinski definition) is 0. The van der Waals surface area contributed by atoms with E-state index in [0.717, 1.165) is 16.5 Å². The Hall–Kier alpha value is 0.700. The van der Waals surface area contributed by atoms with E-state index in [2.05, 4.69) is 87.2 Å². The molecular formula is C16H26I2N2. The number of likely N-dealkylation sites (tertiary alicyclic amines) is 1. The fourth-order valence-corrected chi connectivity index (χ4v) is 4.59. The molecule has 2 rings (SSSR count). The molecule has 1 saturated heterocycles. The lowest BCUT2D eigenvalue weighted by atomic mass is 10.0. The van der Waals surface area contributed by atoms with Crippen LogP contribution in [0.3, 0.4) is 0 Å². The number of alkyl halides is 1. The van der Waals surface area contributed by atoms with Crippen LogP contribution in [0.1, 0.15) is 39.5 Å². The van der Waals surface area contributed by atoms with Gasteiger partial charge in [0.05, 0.1) is 0 Å². The zero-order chi connectivity index (χ0) is 14.5. The second-order valence-corrected chi connectivity index (χ2v) is 9.13. The number of allylic oxidation sites excluding steroid dienone is 2. The van der Waals surface area contributed by atoms with Crippen LogP contribution in [0.4, 0.5) is 0 Å². The smallest absolute Gasteiger partial charge is 0.0360 e. The van der Waals surface area contributed by atoms with Crippen LogP contribution in [-0.2, 0) is 0 Å². The van der Waals surface area contributed by atoms with E-state index in [1.807, 2.05) is 0 Å². The molecule has 2 heterocycles. The summed E-state index contributed by atoms with van der Waals surface area (Å²) >= 11 is 5.03. The maximum atomic E-state index is 2.70. The van der Waals surface area contributed by atoms with Gasteiger partial charge in [0, 0.05) is 38.9 Å². The molecule has 20 heavy (non-hydrogen) atoms. The number of rotatable bonds is 5. The Balaban J connectivity index is 1.75. The number of piperidine rings is 1. The van der Waals surface area contributed by atoms with Crippen LogP contribution in [-0.4, -0.2) is 45.4 Å². The molecule has 3 unspecified atom stereocenters. The van der Waals surface area contributed by atoms with Crippen LogP contribution >= 0.6 is 45.2 Å². The summed E-state index contributed by atoms with van der Waals surface area (Å²) in [6.07, 6.45) is 12.2. The summed E-state index contributed by atoms with van der Waals surface area (Å²) < 4.78 is 2.20. The molecule has 0 radical (unpaired) electrons. The summed E-state index contributed by atoms with van der Waals surface area (Å²) in [6, 6.07) is 1.38. The average molecular weight is 500 g/mol. The molecule has 0 saturated carbocycles. The second-order valence-electron chi connectivity index (χ2n) is 6.12. The summed E-state index contributed by atoms with van der Waals surface area (Å²) in [6.45, 7) is 8.45. The minimum absolute atomic E-state index is 0.646. The second kappa shape index (κ2) is 8.36. The number of halogens is 2. The molecule has 0 aromatic rings. The van der Waals surface area contributed by atoms with Gasteiger partial charge in [-0.1, -0.05) is 28.7 Å². The lowest BCUT2D eigenvalue weighted by Gasteiger charge is -2.36. The van der Waals surface area contributed by atoms with Crippen molar-refractivity contribution in [2.24, 2.45) is 0 Å². The third-order valence-electron chi connectivity index (χ3n) is 4.47. The number of nitrogens with zero attached hydrogens (tertiary/aromatic N) is 2. The summed E-state index contributed by atoms with van der Waals surface area (Å²) in [4.78, 5) is 5.18. The molecule has 0 amide bonds. The van der Waals surface area contributed by atoms with Gasteiger partial charge in [0.2, 0.25) is 0 Å². The van der Waals surface area contributed by atoms with E-state index in [4.69, 9.17) is 0 Å². The predicted molar refractivity (Wildman–Crippen MR) is 105 cm³/mol. The monoisotopic (exact) mass is 500 g/mol. The minimum Gasteiger partial charge on any atom is -0.370 e. The summed E-state index contributed by atoms with van der Waals surface area (Å²) in [5.74, 6) is 0. The molecular weight excluding hydrogens is 474 g/mol. The highest BCUT2D eigenvalue weighted by Gasteiger charge is 2.22. The van der Waals surface area contributed by atoms with Crippen molar-refractivity contribution < 1.29 is 0 Å². The van der Waals surface area contributed by atoms with Crippen molar-refractivity contribution >= 4 is 45.2 Å². The van der Waals surface area contributed by atoms with Crippen molar-refractivity contribution in [3.05, 3.63) is 21.9 Å². The first-order valence-electron chi connectivity index (χ1n) is 7.74. The van der Waals surface area contributed by atoms with Crippen molar-refractivity contribution in [3.8, 4) is 0 Å². The van der Waals surface area contributed by atoms with Gasteiger partial charge in [-0.15, -0.1) is 0 Å². The maximum Gasteiger partial charge on any atom is 0.0360 e. The summed E-state index contributed by atoms with van der Waals surface area (Å²) in [5, 5.41) is 0. The largest absolute Gasteiger partial charge is 0.370 e. The zero-order valence-corrected chi connectivity index (χ0v) is 16.9. The maximum absolute atomic E-state index is 2.70. The molecule has 3 atom stereocenters. The molecule has 2 aliphatic heterocycles. The van der Waals surface area contributed by atoms with Crippen LogP contribution in [0.25, 0.3) is 0 Å². The molecule has 4 heteroatoms. The Morgan fingerprint density at radius 3 is 2.75 bits per heavy atom. The lowest BCUT2D eigenvalue weighted by Crippen LogP contribution is -2.42. The van der Waals surface area contributed by atoms with E-state index in [9.17, 15) is 0 Å². The van der Waals surface area contributed by atoms with Gasteiger partial charge in [0.15, 0.2) is 0 Å². The fraction of sp³-hybridized carbons (Fsp3) is 0.750. The molecule has 2 nitrogen and oxygen atoms in total. The van der Waals surface area contributed by atoms with Crippen molar-refractivity contribution in [1.82, 2.24) is 9.80 Å². The molecule has 0 aromatic heterocycles. The predicted octanol–water partition coefficient (Wildman–Crippen LogP) is 4.59. The van der Waals surface area contributed by atoms with Gasteiger partial charge < -0.3 is 4.90 Å². The standard InChI is InChI=1S/C16H26I2N2/c1-13(19-9-3-5-15(17)11-19)7-8-14(2)20-10-4-6-16(18)12-20/h3,5,11,13-14,16H,4,6-10,12H2,1-2H3. The Labute approximate surface area is 151 Å². The Morgan fingerprint density at radius 2 is 2.05 bits per heavy atom. The van der Waals surface area contributed by atoms with Gasteiger partial charge in [0.25, 0.3) is 0 Å². The van der Waals surface area contributed by atoms with Crippen molar-refractivity contribution in [2.75, 3.05) is 19.6 Å². The zero-order valence-electron chi connectivity index (χ0n) is 12.6. The fourth-order valence-electron chi connectivity index (χ4n) is 3.03. The molecule has 0 aliphatic carbocycles. The third-order valence-corrected chi connectivity index (χ3v) is 6.12. The van der Waals surface area contributed by atoms with Gasteiger partial charge in [-0.2, -0.15) is 0 Å². The van der Waals surface area contributed by atoms with E-state index in [-0.39, 0.29) is 0 Å². The van der Waals surface area contributed by atoms with Crippen LogP contribution in [0, 0.1) is 0 Å². The van der Waals surface area contributed by atoms with Crippen LogP contribution in [0.15, 0.2) is 21.9 Å². The van der Waals surface area contributed by atoms with Crippen molar-refractivity contribution in [2.45, 2.75) is 55.5 Å². The lowest BCUT2D eigenvalue weighted by molar-refractivity contribution is 0.162. The first-order valence-corrected chi connectivity index (χ1v) is 10.1. The van der Waals surface area contributed by atoms with Gasteiger partial charge in [-0.05, 0) is 74.7 Å². The minimum atomic E-state index is 0.646. The van der Waals surface area contributed by atoms with Crippen LogP contribution < -0.4 is 0 Å². The quantitative estimate of drug-likeness (QED) is 0.403. The highest BCUT2D eigenvalue weighted by molar-refractivity contribution is 14.1. The van der Waals surface area contributed by atoms with Gasteiger partial charge in [-0.25, -0.2) is 0 Å². The van der Waals surface area contributed by atoms with E-state index in [0.29, 0.717) is 6.04 Å². The highest BCUT2D eigenvalue weighted by atomic mass is 127. The van der Waals surface area contributed by atoms with Crippen molar-refractivity contribution in [1.29, 1.82) is 0 Å². The first kappa shape index (κ1) is 17.1. The van der Waals surface area contributed by atoms with E-state index in [1.165, 1.54) is 42.4 Å². The number of hydrogen-bond acceptors (Lipinski definition) is 2.